The van der Waals surface area contributed by atoms with Gasteiger partial charge >= 0.3 is 0 Å². The Bertz CT molecular complexity index is 490. The minimum atomic E-state index is 0.835. The molecule has 0 unspecified atom stereocenters. The van der Waals surface area contributed by atoms with Gasteiger partial charge in [-0.25, -0.2) is 4.98 Å². The van der Waals surface area contributed by atoms with Gasteiger partial charge in [0.05, 0.1) is 11.9 Å². The molecule has 2 aromatic rings. The van der Waals surface area contributed by atoms with Crippen LogP contribution in [-0.2, 0) is 20.1 Å². The minimum absolute atomic E-state index is 0.835. The van der Waals surface area contributed by atoms with Crippen molar-refractivity contribution in [3.8, 4) is 0 Å². The van der Waals surface area contributed by atoms with Crippen LogP contribution < -0.4 is 10.2 Å². The fraction of sp³-hybridized carbons (Fsp3) is 0.500. The molecular formula is C12H19N5S. The van der Waals surface area contributed by atoms with Crippen molar-refractivity contribution in [1.29, 1.82) is 0 Å². The molecule has 98 valence electrons. The molecule has 0 atom stereocenters. The van der Waals surface area contributed by atoms with Crippen molar-refractivity contribution >= 4 is 16.5 Å². The molecular weight excluding hydrogens is 246 g/mol. The van der Waals surface area contributed by atoms with E-state index in [1.54, 1.807) is 11.3 Å². The van der Waals surface area contributed by atoms with Crippen molar-refractivity contribution in [1.82, 2.24) is 20.1 Å². The monoisotopic (exact) mass is 265 g/mol. The molecule has 0 spiro atoms. The van der Waals surface area contributed by atoms with Gasteiger partial charge in [0.1, 0.15) is 0 Å². The van der Waals surface area contributed by atoms with E-state index in [1.807, 2.05) is 24.1 Å². The Balaban J connectivity index is 1.96. The van der Waals surface area contributed by atoms with Crippen LogP contribution in [0.1, 0.15) is 18.2 Å². The van der Waals surface area contributed by atoms with E-state index in [-0.39, 0.29) is 0 Å². The summed E-state index contributed by atoms with van der Waals surface area (Å²) in [5.74, 6) is 0. The molecule has 0 bridgehead atoms. The van der Waals surface area contributed by atoms with Gasteiger partial charge in [-0.1, -0.05) is 6.92 Å². The maximum absolute atomic E-state index is 4.61. The predicted octanol–water partition coefficient (Wildman–Crippen LogP) is 1.62. The van der Waals surface area contributed by atoms with E-state index >= 15 is 0 Å². The summed E-state index contributed by atoms with van der Waals surface area (Å²) in [6, 6.07) is 0. The predicted molar refractivity (Wildman–Crippen MR) is 74.8 cm³/mol. The highest BCUT2D eigenvalue weighted by Gasteiger charge is 2.08. The van der Waals surface area contributed by atoms with E-state index in [1.165, 1.54) is 5.56 Å². The average molecular weight is 265 g/mol. The summed E-state index contributed by atoms with van der Waals surface area (Å²) in [7, 11) is 3.99. The molecule has 2 aromatic heterocycles. The third kappa shape index (κ3) is 3.30. The smallest absolute Gasteiger partial charge is 0.185 e. The number of aryl methyl sites for hydroxylation is 1. The molecule has 0 amide bonds. The maximum atomic E-state index is 4.61. The lowest BCUT2D eigenvalue weighted by atomic mass is 10.3. The van der Waals surface area contributed by atoms with E-state index in [2.05, 4.69) is 39.7 Å². The Kier molecular flexibility index (Phi) is 4.33. The molecule has 2 heterocycles. The Hall–Kier alpha value is -1.40. The summed E-state index contributed by atoms with van der Waals surface area (Å²) in [5.41, 5.74) is 2.30. The van der Waals surface area contributed by atoms with Crippen LogP contribution in [0.2, 0.25) is 0 Å². The van der Waals surface area contributed by atoms with Gasteiger partial charge in [-0.2, -0.15) is 5.10 Å². The average Bonchev–Trinajstić information content (AvgIpc) is 2.96. The van der Waals surface area contributed by atoms with Gasteiger partial charge in [-0.15, -0.1) is 11.3 Å². The summed E-state index contributed by atoms with van der Waals surface area (Å²) in [4.78, 5) is 6.76. The summed E-state index contributed by atoms with van der Waals surface area (Å²) < 4.78 is 1.82. The van der Waals surface area contributed by atoms with Gasteiger partial charge in [0.2, 0.25) is 0 Å². The first-order chi connectivity index (χ1) is 8.69. The molecule has 0 aliphatic rings. The lowest BCUT2D eigenvalue weighted by Gasteiger charge is -2.14. The second-order valence-corrected chi connectivity index (χ2v) is 5.12. The number of rotatable bonds is 6. The third-order valence-corrected chi connectivity index (χ3v) is 3.60. The number of anilines is 1. The lowest BCUT2D eigenvalue weighted by molar-refractivity contribution is 0.713. The summed E-state index contributed by atoms with van der Waals surface area (Å²) in [5, 5.41) is 10.6. The van der Waals surface area contributed by atoms with Gasteiger partial charge in [0.25, 0.3) is 0 Å². The molecule has 6 heteroatoms. The fourth-order valence-electron chi connectivity index (χ4n) is 1.70. The quantitative estimate of drug-likeness (QED) is 0.862. The van der Waals surface area contributed by atoms with Crippen LogP contribution in [0.5, 0.6) is 0 Å². The maximum Gasteiger partial charge on any atom is 0.185 e. The second-order valence-electron chi connectivity index (χ2n) is 4.28. The van der Waals surface area contributed by atoms with Crippen molar-refractivity contribution in [2.24, 2.45) is 7.05 Å². The Morgan fingerprint density at radius 2 is 2.33 bits per heavy atom. The first-order valence-corrected chi connectivity index (χ1v) is 6.90. The van der Waals surface area contributed by atoms with E-state index in [9.17, 15) is 0 Å². The van der Waals surface area contributed by atoms with Crippen molar-refractivity contribution in [2.45, 2.75) is 20.0 Å². The van der Waals surface area contributed by atoms with Crippen molar-refractivity contribution < 1.29 is 0 Å². The SMILES string of the molecule is CCNCc1csc(N(C)Cc2cnn(C)c2)n1. The van der Waals surface area contributed by atoms with Crippen molar-refractivity contribution in [3.63, 3.8) is 0 Å². The van der Waals surface area contributed by atoms with E-state index in [4.69, 9.17) is 0 Å². The van der Waals surface area contributed by atoms with Gasteiger partial charge < -0.3 is 10.2 Å². The zero-order valence-corrected chi connectivity index (χ0v) is 11.9. The molecule has 0 saturated carbocycles. The highest BCUT2D eigenvalue weighted by atomic mass is 32.1. The van der Waals surface area contributed by atoms with Crippen molar-refractivity contribution in [3.05, 3.63) is 29.0 Å². The molecule has 18 heavy (non-hydrogen) atoms. The van der Waals surface area contributed by atoms with Crippen LogP contribution in [0.15, 0.2) is 17.8 Å². The Labute approximate surface area is 111 Å². The topological polar surface area (TPSA) is 46.0 Å². The first-order valence-electron chi connectivity index (χ1n) is 6.03. The zero-order chi connectivity index (χ0) is 13.0. The van der Waals surface area contributed by atoms with Crippen LogP contribution in [0.25, 0.3) is 0 Å². The number of nitrogens with zero attached hydrogens (tertiary/aromatic N) is 4. The van der Waals surface area contributed by atoms with Gasteiger partial charge in [-0.05, 0) is 6.54 Å². The molecule has 5 nitrogen and oxygen atoms in total. The van der Waals surface area contributed by atoms with E-state index in [0.29, 0.717) is 0 Å². The highest BCUT2D eigenvalue weighted by Crippen LogP contribution is 2.20. The van der Waals surface area contributed by atoms with Crippen LogP contribution in [0, 0.1) is 0 Å². The standard InChI is InChI=1S/C12H19N5S/c1-4-13-6-11-9-18-12(15-11)16(2)7-10-5-14-17(3)8-10/h5,8-9,13H,4,6-7H2,1-3H3. The molecule has 0 aliphatic heterocycles. The van der Waals surface area contributed by atoms with Crippen LogP contribution in [0.3, 0.4) is 0 Å². The minimum Gasteiger partial charge on any atom is -0.347 e. The number of hydrogen-bond acceptors (Lipinski definition) is 5. The zero-order valence-electron chi connectivity index (χ0n) is 11.1. The van der Waals surface area contributed by atoms with E-state index < -0.39 is 0 Å². The molecule has 0 saturated heterocycles. The third-order valence-electron chi connectivity index (χ3n) is 2.60. The summed E-state index contributed by atoms with van der Waals surface area (Å²) in [6.45, 7) is 4.75. The normalized spacial score (nSPS) is 10.8. The first kappa shape index (κ1) is 13.0. The molecule has 1 N–H and O–H groups in total. The van der Waals surface area contributed by atoms with Crippen LogP contribution in [-0.4, -0.2) is 28.4 Å². The number of nitrogens with one attached hydrogen (secondary N) is 1. The van der Waals surface area contributed by atoms with Crippen LogP contribution >= 0.6 is 11.3 Å². The van der Waals surface area contributed by atoms with E-state index in [0.717, 1.165) is 30.5 Å². The van der Waals surface area contributed by atoms with Crippen LogP contribution in [0.4, 0.5) is 5.13 Å². The molecule has 0 aromatic carbocycles. The summed E-state index contributed by atoms with van der Waals surface area (Å²) >= 11 is 1.68. The van der Waals surface area contributed by atoms with Crippen molar-refractivity contribution in [2.75, 3.05) is 18.5 Å². The fourth-order valence-corrected chi connectivity index (χ4v) is 2.49. The van der Waals surface area contributed by atoms with Gasteiger partial charge in [-0.3, -0.25) is 4.68 Å². The molecule has 0 aliphatic carbocycles. The largest absolute Gasteiger partial charge is 0.347 e. The Morgan fingerprint density at radius 3 is 3.00 bits per heavy atom. The molecule has 0 radical (unpaired) electrons. The number of thiazole rings is 1. The molecule has 2 rings (SSSR count). The second kappa shape index (κ2) is 5.97. The highest BCUT2D eigenvalue weighted by molar-refractivity contribution is 7.13. The summed E-state index contributed by atoms with van der Waals surface area (Å²) in [6.07, 6.45) is 3.92. The number of hydrogen-bond donors (Lipinski definition) is 1. The lowest BCUT2D eigenvalue weighted by Crippen LogP contribution is -2.16. The Morgan fingerprint density at radius 1 is 1.50 bits per heavy atom. The number of aromatic nitrogens is 3. The van der Waals surface area contributed by atoms with Gasteiger partial charge in [0, 0.05) is 44.3 Å². The molecule has 0 fully saturated rings. The van der Waals surface area contributed by atoms with Gasteiger partial charge in [0.15, 0.2) is 5.13 Å².